The highest BCUT2D eigenvalue weighted by Crippen LogP contribution is 2.33. The number of hydrogen-bond acceptors (Lipinski definition) is 3. The Morgan fingerprint density at radius 1 is 1.11 bits per heavy atom. The van der Waals surface area contributed by atoms with E-state index in [1.165, 1.54) is 51.4 Å². The predicted molar refractivity (Wildman–Crippen MR) is 80.2 cm³/mol. The highest BCUT2D eigenvalue weighted by Gasteiger charge is 2.26. The highest BCUT2D eigenvalue weighted by atomic mass is 32.1. The van der Waals surface area contributed by atoms with Gasteiger partial charge in [-0.25, -0.2) is 5.10 Å². The summed E-state index contributed by atoms with van der Waals surface area (Å²) in [7, 11) is 0. The molecule has 1 aromatic heterocycles. The molecule has 0 bridgehead atoms. The van der Waals surface area contributed by atoms with Crippen LogP contribution in [-0.2, 0) is 0 Å². The molecule has 2 aliphatic rings. The van der Waals surface area contributed by atoms with E-state index < -0.39 is 0 Å². The van der Waals surface area contributed by atoms with Crippen molar-refractivity contribution in [1.82, 2.24) is 14.8 Å². The van der Waals surface area contributed by atoms with Crippen LogP contribution < -0.4 is 4.90 Å². The minimum absolute atomic E-state index is 0.559. The van der Waals surface area contributed by atoms with Crippen molar-refractivity contribution in [3.63, 3.8) is 0 Å². The molecule has 106 valence electrons. The van der Waals surface area contributed by atoms with E-state index in [9.17, 15) is 0 Å². The summed E-state index contributed by atoms with van der Waals surface area (Å²) in [5, 5.41) is 7.56. The Morgan fingerprint density at radius 3 is 2.58 bits per heavy atom. The Hall–Kier alpha value is -0.840. The average Bonchev–Trinajstić information content (AvgIpc) is 2.82. The molecule has 1 aliphatic carbocycles. The van der Waals surface area contributed by atoms with Crippen molar-refractivity contribution in [2.24, 2.45) is 0 Å². The summed E-state index contributed by atoms with van der Waals surface area (Å²) in [6, 6.07) is 1.14. The number of aromatic nitrogens is 3. The van der Waals surface area contributed by atoms with Crippen LogP contribution >= 0.6 is 12.2 Å². The lowest BCUT2D eigenvalue weighted by molar-refractivity contribution is 0.345. The first-order chi connectivity index (χ1) is 9.27. The van der Waals surface area contributed by atoms with E-state index in [-0.39, 0.29) is 0 Å². The Balaban J connectivity index is 1.90. The van der Waals surface area contributed by atoms with Crippen LogP contribution in [0.4, 0.5) is 5.95 Å². The third-order valence-corrected chi connectivity index (χ3v) is 4.97. The summed E-state index contributed by atoms with van der Waals surface area (Å²) in [6.45, 7) is 3.43. The highest BCUT2D eigenvalue weighted by molar-refractivity contribution is 7.71. The normalized spacial score (nSPS) is 25.7. The van der Waals surface area contributed by atoms with Crippen LogP contribution in [0.1, 0.15) is 64.3 Å². The van der Waals surface area contributed by atoms with Gasteiger partial charge in [0.05, 0.1) is 0 Å². The van der Waals surface area contributed by atoms with Gasteiger partial charge in [-0.15, -0.1) is 5.10 Å². The molecule has 1 aromatic rings. The van der Waals surface area contributed by atoms with Crippen LogP contribution in [0.3, 0.4) is 0 Å². The molecule has 1 aliphatic heterocycles. The van der Waals surface area contributed by atoms with Crippen LogP contribution in [-0.4, -0.2) is 27.4 Å². The summed E-state index contributed by atoms with van der Waals surface area (Å²) in [4.78, 5) is 2.45. The van der Waals surface area contributed by atoms with Gasteiger partial charge in [-0.1, -0.05) is 19.3 Å². The van der Waals surface area contributed by atoms with Crippen LogP contribution in [0, 0.1) is 4.77 Å². The van der Waals surface area contributed by atoms with Gasteiger partial charge < -0.3 is 4.90 Å². The summed E-state index contributed by atoms with van der Waals surface area (Å²) in [6.07, 6.45) is 10.4. The van der Waals surface area contributed by atoms with Crippen molar-refractivity contribution in [2.75, 3.05) is 11.4 Å². The molecule has 4 nitrogen and oxygen atoms in total. The second-order valence-corrected chi connectivity index (χ2v) is 6.42. The van der Waals surface area contributed by atoms with Gasteiger partial charge in [0.25, 0.3) is 0 Å². The molecule has 1 atom stereocenters. The van der Waals surface area contributed by atoms with Crippen LogP contribution in [0.25, 0.3) is 0 Å². The fourth-order valence-corrected chi connectivity index (χ4v) is 3.84. The zero-order chi connectivity index (χ0) is 13.2. The Bertz CT molecular complexity index is 472. The quantitative estimate of drug-likeness (QED) is 0.837. The molecule has 1 unspecified atom stereocenters. The largest absolute Gasteiger partial charge is 0.338 e. The van der Waals surface area contributed by atoms with Gasteiger partial charge in [0.15, 0.2) is 4.77 Å². The van der Waals surface area contributed by atoms with Crippen molar-refractivity contribution >= 4 is 18.2 Å². The van der Waals surface area contributed by atoms with E-state index >= 15 is 0 Å². The summed E-state index contributed by atoms with van der Waals surface area (Å²) in [5.41, 5.74) is 0. The van der Waals surface area contributed by atoms with Gasteiger partial charge >= 0.3 is 0 Å². The molecular formula is C14H24N4S. The van der Waals surface area contributed by atoms with E-state index in [4.69, 9.17) is 12.2 Å². The Kier molecular flexibility index (Phi) is 3.91. The predicted octanol–water partition coefficient (Wildman–Crippen LogP) is 3.82. The zero-order valence-electron chi connectivity index (χ0n) is 11.8. The fraction of sp³-hybridized carbons (Fsp3) is 0.857. The molecule has 0 aromatic carbocycles. The number of piperidine rings is 1. The maximum Gasteiger partial charge on any atom is 0.226 e. The zero-order valence-corrected chi connectivity index (χ0v) is 12.6. The topological polar surface area (TPSA) is 36.9 Å². The lowest BCUT2D eigenvalue weighted by atomic mass is 9.95. The number of anilines is 1. The molecular weight excluding hydrogens is 256 g/mol. The van der Waals surface area contributed by atoms with Crippen molar-refractivity contribution in [3.8, 4) is 0 Å². The van der Waals surface area contributed by atoms with Crippen LogP contribution in [0.15, 0.2) is 0 Å². The van der Waals surface area contributed by atoms with E-state index in [0.717, 1.165) is 17.3 Å². The molecule has 5 heteroatoms. The van der Waals surface area contributed by atoms with Crippen molar-refractivity contribution in [1.29, 1.82) is 0 Å². The van der Waals surface area contributed by atoms with Gasteiger partial charge in [-0.3, -0.25) is 4.57 Å². The standard InChI is InChI=1S/C14H24N4S/c1-11-7-5-6-10-17(11)13-15-16-14(19)18(13)12-8-3-2-4-9-12/h11-12H,2-10H2,1H3,(H,16,19). The van der Waals surface area contributed by atoms with Gasteiger partial charge in [0, 0.05) is 18.6 Å². The number of nitrogens with zero attached hydrogens (tertiary/aromatic N) is 3. The smallest absolute Gasteiger partial charge is 0.226 e. The molecule has 2 heterocycles. The maximum absolute atomic E-state index is 5.48. The maximum atomic E-state index is 5.48. The third kappa shape index (κ3) is 2.57. The minimum Gasteiger partial charge on any atom is -0.338 e. The number of nitrogens with one attached hydrogen (secondary N) is 1. The monoisotopic (exact) mass is 280 g/mol. The fourth-order valence-electron chi connectivity index (χ4n) is 3.56. The van der Waals surface area contributed by atoms with Gasteiger partial charge in [0.2, 0.25) is 5.95 Å². The molecule has 0 spiro atoms. The second kappa shape index (κ2) is 5.65. The first-order valence-corrected chi connectivity index (χ1v) is 8.12. The summed E-state index contributed by atoms with van der Waals surface area (Å²) in [5.74, 6) is 1.09. The molecule has 2 fully saturated rings. The van der Waals surface area contributed by atoms with E-state index in [2.05, 4.69) is 26.6 Å². The van der Waals surface area contributed by atoms with E-state index in [0.29, 0.717) is 12.1 Å². The lowest BCUT2D eigenvalue weighted by Crippen LogP contribution is -2.39. The number of H-pyrrole nitrogens is 1. The first kappa shape index (κ1) is 13.2. The molecule has 3 rings (SSSR count). The third-order valence-electron chi connectivity index (χ3n) is 4.69. The van der Waals surface area contributed by atoms with Crippen molar-refractivity contribution in [2.45, 2.75) is 70.4 Å². The lowest BCUT2D eigenvalue weighted by Gasteiger charge is -2.35. The van der Waals surface area contributed by atoms with Gasteiger partial charge in [-0.2, -0.15) is 0 Å². The Morgan fingerprint density at radius 2 is 1.84 bits per heavy atom. The van der Waals surface area contributed by atoms with Gasteiger partial charge in [-0.05, 0) is 51.2 Å². The molecule has 1 saturated carbocycles. The summed E-state index contributed by atoms with van der Waals surface area (Å²) < 4.78 is 3.11. The van der Waals surface area contributed by atoms with Gasteiger partial charge in [0.1, 0.15) is 0 Å². The van der Waals surface area contributed by atoms with Crippen molar-refractivity contribution < 1.29 is 0 Å². The average molecular weight is 280 g/mol. The SMILES string of the molecule is CC1CCCCN1c1n[nH]c(=S)n1C1CCCCC1. The number of hydrogen-bond donors (Lipinski definition) is 1. The molecule has 1 saturated heterocycles. The second-order valence-electron chi connectivity index (χ2n) is 6.03. The number of aromatic amines is 1. The molecule has 1 N–H and O–H groups in total. The van der Waals surface area contributed by atoms with E-state index in [1.54, 1.807) is 0 Å². The van der Waals surface area contributed by atoms with E-state index in [1.807, 2.05) is 0 Å². The van der Waals surface area contributed by atoms with Crippen molar-refractivity contribution in [3.05, 3.63) is 4.77 Å². The molecule has 0 radical (unpaired) electrons. The molecule has 19 heavy (non-hydrogen) atoms. The Labute approximate surface area is 120 Å². The minimum atomic E-state index is 0.559. The summed E-state index contributed by atoms with van der Waals surface area (Å²) >= 11 is 5.48. The van der Waals surface area contributed by atoms with Crippen LogP contribution in [0.5, 0.6) is 0 Å². The molecule has 0 amide bonds. The van der Waals surface area contributed by atoms with Crippen LogP contribution in [0.2, 0.25) is 0 Å². The first-order valence-electron chi connectivity index (χ1n) is 7.71. The number of rotatable bonds is 2.